The van der Waals surface area contributed by atoms with Gasteiger partial charge in [0, 0.05) is 17.8 Å². The molecule has 1 aliphatic heterocycles. The Labute approximate surface area is 123 Å². The average Bonchev–Trinajstić information content (AvgIpc) is 2.42. The van der Waals surface area contributed by atoms with Gasteiger partial charge in [-0.3, -0.25) is 14.1 Å². The van der Waals surface area contributed by atoms with Crippen LogP contribution in [0.5, 0.6) is 0 Å². The second-order valence-electron chi connectivity index (χ2n) is 5.10. The molecule has 8 nitrogen and oxygen atoms in total. The molecule has 0 aromatic carbocycles. The summed E-state index contributed by atoms with van der Waals surface area (Å²) < 4.78 is 15.4. The van der Waals surface area contributed by atoms with Crippen LogP contribution in [-0.4, -0.2) is 54.0 Å². The molecule has 1 atom stereocenters. The van der Waals surface area contributed by atoms with Crippen LogP contribution >= 0.6 is 11.8 Å². The second kappa shape index (κ2) is 5.89. The number of carbonyl (C=O) groups excluding carboxylic acids is 2. The van der Waals surface area contributed by atoms with E-state index in [9.17, 15) is 23.6 Å². The predicted molar refractivity (Wildman–Crippen MR) is 69.3 cm³/mol. The van der Waals surface area contributed by atoms with Crippen LogP contribution in [0.2, 0.25) is 6.04 Å². The Morgan fingerprint density at radius 2 is 2.00 bits per heavy atom. The van der Waals surface area contributed by atoms with E-state index >= 15 is 0 Å². The van der Waals surface area contributed by atoms with Gasteiger partial charge in [0.15, 0.2) is 5.78 Å². The van der Waals surface area contributed by atoms with Crippen molar-refractivity contribution in [3.63, 3.8) is 0 Å². The maximum atomic E-state index is 12.0. The summed E-state index contributed by atoms with van der Waals surface area (Å²) in [7, 11) is -7.66. The first-order valence-electron chi connectivity index (χ1n) is 5.90. The van der Waals surface area contributed by atoms with E-state index in [4.69, 9.17) is 16.6 Å². The Hall–Kier alpha value is -0.816. The number of hydrogen-bond donors (Lipinski definition) is 3. The molecule has 0 aromatic rings. The largest absolute Gasteiger partial charge is 0.752 e. The molecule has 1 rings (SSSR count). The Morgan fingerprint density at radius 1 is 1.45 bits per heavy atom. The second-order valence-corrected chi connectivity index (χ2v) is 8.77. The molecule has 1 unspecified atom stereocenters. The number of hydrogen-bond acceptors (Lipinski definition) is 6. The molecule has 0 bridgehead atoms. The minimum atomic E-state index is -4.22. The van der Waals surface area contributed by atoms with Crippen molar-refractivity contribution in [1.29, 1.82) is 0 Å². The quantitative estimate of drug-likeness (QED) is 0.324. The summed E-state index contributed by atoms with van der Waals surface area (Å²) in [5.41, 5.74) is -1.09. The molecular weight excluding hydrogens is 326 g/mol. The van der Waals surface area contributed by atoms with Crippen molar-refractivity contribution in [3.05, 3.63) is 0 Å². The van der Waals surface area contributed by atoms with Gasteiger partial charge in [-0.1, -0.05) is 0 Å². The van der Waals surface area contributed by atoms with E-state index in [2.05, 4.69) is 4.12 Å². The molecule has 1 amide bonds. The standard InChI is InChI=1S/C9H16ClNO7Si2/c1-9(2)7(12)6(8(13)11(9)10)4-3-5-20(16,17)18-19(14)15/h6,14,16-17H,3-5H2,1-2H3. The molecule has 1 fully saturated rings. The lowest BCUT2D eigenvalue weighted by molar-refractivity contribution is -0.129. The number of amides is 1. The highest BCUT2D eigenvalue weighted by atomic mass is 35.5. The fraction of sp³-hybridized carbons (Fsp3) is 0.778. The van der Waals surface area contributed by atoms with Crippen LogP contribution in [0.1, 0.15) is 26.7 Å². The van der Waals surface area contributed by atoms with Gasteiger partial charge in [-0.15, -0.1) is 0 Å². The van der Waals surface area contributed by atoms with Gasteiger partial charge in [-0.25, -0.2) is 4.42 Å². The Kier molecular flexibility index (Phi) is 5.08. The summed E-state index contributed by atoms with van der Waals surface area (Å²) in [6.07, 6.45) is 0.174. The van der Waals surface area contributed by atoms with E-state index < -0.39 is 35.3 Å². The van der Waals surface area contributed by atoms with Crippen LogP contribution in [0, 0.1) is 5.92 Å². The number of rotatable bonds is 6. The molecule has 0 aliphatic carbocycles. The van der Waals surface area contributed by atoms with Gasteiger partial charge in [0.1, 0.15) is 11.5 Å². The summed E-state index contributed by atoms with van der Waals surface area (Å²) in [5, 5.41) is 0. The zero-order chi connectivity index (χ0) is 15.7. The maximum Gasteiger partial charge on any atom is 0.752 e. The molecule has 1 heterocycles. The van der Waals surface area contributed by atoms with E-state index in [1.807, 2.05) is 0 Å². The molecule has 11 heteroatoms. The van der Waals surface area contributed by atoms with Crippen molar-refractivity contribution in [2.75, 3.05) is 0 Å². The van der Waals surface area contributed by atoms with E-state index in [1.54, 1.807) is 0 Å². The van der Waals surface area contributed by atoms with E-state index in [1.165, 1.54) is 13.8 Å². The lowest BCUT2D eigenvalue weighted by atomic mass is 9.92. The molecule has 3 N–H and O–H groups in total. The molecular formula is C9H16ClNO7Si2. The van der Waals surface area contributed by atoms with E-state index in [0.29, 0.717) is 0 Å². The molecule has 1 saturated heterocycles. The van der Waals surface area contributed by atoms with Crippen molar-refractivity contribution in [2.45, 2.75) is 38.3 Å². The van der Waals surface area contributed by atoms with Crippen LogP contribution in [-0.2, 0) is 18.2 Å². The number of ketones is 1. The summed E-state index contributed by atoms with van der Waals surface area (Å²) in [6.45, 7) is 3.05. The number of halogens is 1. The van der Waals surface area contributed by atoms with E-state index in [-0.39, 0.29) is 24.7 Å². The molecule has 0 radical (unpaired) electrons. The Morgan fingerprint density at radius 3 is 2.40 bits per heavy atom. The van der Waals surface area contributed by atoms with Crippen molar-refractivity contribution < 1.29 is 32.6 Å². The third-order valence-corrected chi connectivity index (χ3v) is 6.75. The number of nitrogens with zero attached hydrogens (tertiary/aromatic N) is 1. The van der Waals surface area contributed by atoms with Crippen molar-refractivity contribution in [2.24, 2.45) is 5.92 Å². The fourth-order valence-electron chi connectivity index (χ4n) is 2.03. The van der Waals surface area contributed by atoms with Gasteiger partial charge in [0.05, 0.1) is 0 Å². The van der Waals surface area contributed by atoms with Crippen molar-refractivity contribution in [3.8, 4) is 0 Å². The Balaban J connectivity index is 2.57. The molecule has 1 aliphatic rings. The highest BCUT2D eigenvalue weighted by molar-refractivity contribution is 6.63. The minimum Gasteiger partial charge on any atom is -0.512 e. The first kappa shape index (κ1) is 17.2. The summed E-state index contributed by atoms with van der Waals surface area (Å²) >= 11 is 5.76. The summed E-state index contributed by atoms with van der Waals surface area (Å²) in [5.74, 6) is -1.79. The van der Waals surface area contributed by atoms with Gasteiger partial charge in [-0.05, 0) is 26.7 Å². The first-order chi connectivity index (χ1) is 8.99. The van der Waals surface area contributed by atoms with Crippen LogP contribution in [0.3, 0.4) is 0 Å². The molecule has 0 aromatic heterocycles. The lowest BCUT2D eigenvalue weighted by Gasteiger charge is -2.21. The van der Waals surface area contributed by atoms with Gasteiger partial charge >= 0.3 is 18.0 Å². The van der Waals surface area contributed by atoms with Crippen LogP contribution in [0.25, 0.3) is 0 Å². The normalized spacial score (nSPS) is 22.2. The van der Waals surface area contributed by atoms with Crippen LogP contribution < -0.4 is 0 Å². The van der Waals surface area contributed by atoms with Gasteiger partial charge in [0.2, 0.25) is 5.91 Å². The monoisotopic (exact) mass is 341 g/mol. The Bertz CT molecular complexity index is 442. The maximum absolute atomic E-state index is 12.0. The van der Waals surface area contributed by atoms with Gasteiger partial charge in [0.25, 0.3) is 0 Å². The van der Waals surface area contributed by atoms with Crippen LogP contribution in [0.4, 0.5) is 0 Å². The minimum absolute atomic E-state index is 0.0793. The average molecular weight is 342 g/mol. The summed E-state index contributed by atoms with van der Waals surface area (Å²) in [4.78, 5) is 51.1. The fourth-order valence-corrected chi connectivity index (χ4v) is 4.42. The zero-order valence-electron chi connectivity index (χ0n) is 11.0. The van der Waals surface area contributed by atoms with Gasteiger partial charge < -0.3 is 18.5 Å². The topological polar surface area (TPSA) is 124 Å². The highest BCUT2D eigenvalue weighted by Crippen LogP contribution is 2.34. The van der Waals surface area contributed by atoms with Crippen molar-refractivity contribution in [1.82, 2.24) is 4.42 Å². The number of Topliss-reactive ketones (excluding diaryl/α,β-unsaturated/α-hetero) is 1. The van der Waals surface area contributed by atoms with Crippen molar-refractivity contribution >= 4 is 41.4 Å². The smallest absolute Gasteiger partial charge is 0.512 e. The van der Waals surface area contributed by atoms with Gasteiger partial charge in [-0.2, -0.15) is 0 Å². The third-order valence-electron chi connectivity index (χ3n) is 3.15. The third kappa shape index (κ3) is 3.64. The molecule has 20 heavy (non-hydrogen) atoms. The predicted octanol–water partition coefficient (Wildman–Crippen LogP) is -0.926. The first-order valence-corrected chi connectivity index (χ1v) is 9.51. The van der Waals surface area contributed by atoms with Crippen LogP contribution in [0.15, 0.2) is 0 Å². The molecule has 0 spiro atoms. The zero-order valence-corrected chi connectivity index (χ0v) is 13.8. The molecule has 0 saturated carbocycles. The summed E-state index contributed by atoms with van der Waals surface area (Å²) in [6, 6.07) is -0.274. The lowest BCUT2D eigenvalue weighted by Crippen LogP contribution is -2.41. The number of carbonyl (C=O) groups is 2. The SMILES string of the molecule is CC1(C)C(=O)C(CCC[Si](O)(O)O[Si](=O)O)C(=O)N1Cl. The van der Waals surface area contributed by atoms with E-state index in [0.717, 1.165) is 4.42 Å². The highest BCUT2D eigenvalue weighted by Gasteiger charge is 2.52. The molecule has 114 valence electrons.